The highest BCUT2D eigenvalue weighted by atomic mass is 19.2. The van der Waals surface area contributed by atoms with E-state index in [0.29, 0.717) is 17.5 Å². The second kappa shape index (κ2) is 12.6. The van der Waals surface area contributed by atoms with Crippen molar-refractivity contribution >= 4 is 17.8 Å². The fourth-order valence-electron chi connectivity index (χ4n) is 4.52. The number of amides is 2. The number of carboxylic acid groups (broad SMARTS) is 1. The van der Waals surface area contributed by atoms with Gasteiger partial charge in [-0.05, 0) is 72.9 Å². The van der Waals surface area contributed by atoms with E-state index in [2.05, 4.69) is 10.6 Å². The molecule has 0 radical (unpaired) electrons. The fourth-order valence-corrected chi connectivity index (χ4v) is 4.52. The van der Waals surface area contributed by atoms with Gasteiger partial charge in [0.25, 0.3) is 11.5 Å². The van der Waals surface area contributed by atoms with Gasteiger partial charge in [-0.15, -0.1) is 0 Å². The van der Waals surface area contributed by atoms with E-state index in [0.717, 1.165) is 6.07 Å². The van der Waals surface area contributed by atoms with Crippen LogP contribution in [0.3, 0.4) is 0 Å². The average molecular weight is 558 g/mol. The van der Waals surface area contributed by atoms with Gasteiger partial charge in [0.05, 0.1) is 12.5 Å². The lowest BCUT2D eigenvalue weighted by molar-refractivity contribution is -0.137. The van der Waals surface area contributed by atoms with Crippen LogP contribution in [0.2, 0.25) is 0 Å². The van der Waals surface area contributed by atoms with Crippen molar-refractivity contribution in [2.75, 3.05) is 0 Å². The number of carbonyl (C=O) groups is 3. The molecule has 0 saturated heterocycles. The van der Waals surface area contributed by atoms with E-state index >= 15 is 4.39 Å². The van der Waals surface area contributed by atoms with Crippen LogP contribution in [0.1, 0.15) is 59.3 Å². The third-order valence-electron chi connectivity index (χ3n) is 6.59. The molecule has 0 saturated carbocycles. The second-order valence-corrected chi connectivity index (χ2v) is 9.54. The van der Waals surface area contributed by atoms with Gasteiger partial charge in [0, 0.05) is 18.8 Å². The normalized spacial score (nSPS) is 12.5. The van der Waals surface area contributed by atoms with Crippen LogP contribution >= 0.6 is 0 Å². The first-order valence-corrected chi connectivity index (χ1v) is 12.6. The van der Waals surface area contributed by atoms with Gasteiger partial charge in [0.1, 0.15) is 17.4 Å². The molecule has 3 N–H and O–H groups in total. The Morgan fingerprint density at radius 2 is 1.73 bits per heavy atom. The summed E-state index contributed by atoms with van der Waals surface area (Å²) in [6, 6.07) is 4.84. The Kier molecular flexibility index (Phi) is 9.51. The first-order chi connectivity index (χ1) is 18.8. The highest BCUT2D eigenvalue weighted by Crippen LogP contribution is 2.34. The molecule has 11 heteroatoms. The number of halogens is 3. The SMILES string of the molecule is CCC[C@H](NC(=O)c1cccn(C)c1=O)C(=O)N[C@@H](CC(=O)O)c1cc(-c2c(C)ccc(F)c2C)cc(F)c1F. The predicted molar refractivity (Wildman–Crippen MR) is 142 cm³/mol. The number of hydrogen-bond acceptors (Lipinski definition) is 4. The number of carbonyl (C=O) groups excluding carboxylic acids is 2. The average Bonchev–Trinajstić information content (AvgIpc) is 2.89. The summed E-state index contributed by atoms with van der Waals surface area (Å²) in [5.41, 5.74) is -0.0693. The number of rotatable bonds is 10. The van der Waals surface area contributed by atoms with Crippen LogP contribution in [-0.4, -0.2) is 33.5 Å². The van der Waals surface area contributed by atoms with Crippen LogP contribution in [0.5, 0.6) is 0 Å². The van der Waals surface area contributed by atoms with Crippen LogP contribution < -0.4 is 16.2 Å². The lowest BCUT2D eigenvalue weighted by Crippen LogP contribution is -2.49. The summed E-state index contributed by atoms with van der Waals surface area (Å²) in [4.78, 5) is 50.0. The molecule has 40 heavy (non-hydrogen) atoms. The zero-order chi connectivity index (χ0) is 29.7. The van der Waals surface area contributed by atoms with Crippen molar-refractivity contribution in [3.63, 3.8) is 0 Å². The maximum atomic E-state index is 15.1. The first kappa shape index (κ1) is 30.1. The molecule has 0 unspecified atom stereocenters. The molecular formula is C29H30F3N3O5. The molecule has 0 aliphatic rings. The van der Waals surface area contributed by atoms with Crippen molar-refractivity contribution in [3.05, 3.63) is 92.7 Å². The summed E-state index contributed by atoms with van der Waals surface area (Å²) in [5, 5.41) is 14.4. The number of pyridine rings is 1. The molecule has 0 spiro atoms. The second-order valence-electron chi connectivity index (χ2n) is 9.54. The molecule has 3 rings (SSSR count). The minimum atomic E-state index is -1.53. The number of benzene rings is 2. The third kappa shape index (κ3) is 6.59. The van der Waals surface area contributed by atoms with Gasteiger partial charge in [-0.2, -0.15) is 0 Å². The Morgan fingerprint density at radius 3 is 2.38 bits per heavy atom. The number of carboxylic acids is 1. The highest BCUT2D eigenvalue weighted by Gasteiger charge is 2.29. The summed E-state index contributed by atoms with van der Waals surface area (Å²) >= 11 is 0. The molecule has 0 bridgehead atoms. The largest absolute Gasteiger partial charge is 0.481 e. The van der Waals surface area contributed by atoms with Gasteiger partial charge >= 0.3 is 5.97 Å². The van der Waals surface area contributed by atoms with Gasteiger partial charge < -0.3 is 20.3 Å². The standard InChI is InChI=1S/C29H30F3N3O5/c1-5-7-22(33-27(38)18-8-6-11-35(4)29(18)40)28(39)34-23(14-24(36)37)19-12-17(13-21(31)26(19)32)25-15(2)9-10-20(30)16(25)3/h6,8-13,22-23H,5,7,14H2,1-4H3,(H,33,38)(H,34,39)(H,36,37)/t22-,23-/m0/s1. The zero-order valence-corrected chi connectivity index (χ0v) is 22.5. The van der Waals surface area contributed by atoms with Crippen molar-refractivity contribution in [3.8, 4) is 11.1 Å². The molecule has 0 aliphatic heterocycles. The summed E-state index contributed by atoms with van der Waals surface area (Å²) in [5.74, 6) is -6.31. The molecule has 2 amide bonds. The Labute approximate surface area is 228 Å². The summed E-state index contributed by atoms with van der Waals surface area (Å²) < 4.78 is 45.4. The van der Waals surface area contributed by atoms with Crippen LogP contribution in [0.15, 0.2) is 47.4 Å². The van der Waals surface area contributed by atoms with Crippen molar-refractivity contribution < 1.29 is 32.7 Å². The number of nitrogens with one attached hydrogen (secondary N) is 2. The molecule has 0 aliphatic carbocycles. The number of nitrogens with zero attached hydrogens (tertiary/aromatic N) is 1. The fraction of sp³-hybridized carbons (Fsp3) is 0.310. The summed E-state index contributed by atoms with van der Waals surface area (Å²) in [6.07, 6.45) is 1.19. The van der Waals surface area contributed by atoms with Crippen molar-refractivity contribution in [2.24, 2.45) is 7.05 Å². The summed E-state index contributed by atoms with van der Waals surface area (Å²) in [6.45, 7) is 4.88. The van der Waals surface area contributed by atoms with Crippen molar-refractivity contribution in [2.45, 2.75) is 52.1 Å². The number of hydrogen-bond donors (Lipinski definition) is 3. The Balaban J connectivity index is 2.00. The zero-order valence-electron chi connectivity index (χ0n) is 22.5. The van der Waals surface area contributed by atoms with E-state index in [1.54, 1.807) is 13.8 Å². The third-order valence-corrected chi connectivity index (χ3v) is 6.59. The van der Waals surface area contributed by atoms with E-state index < -0.39 is 64.9 Å². The van der Waals surface area contributed by atoms with Crippen LogP contribution in [0.25, 0.3) is 11.1 Å². The smallest absolute Gasteiger partial charge is 0.305 e. The number of aryl methyl sites for hydroxylation is 2. The molecule has 1 heterocycles. The maximum absolute atomic E-state index is 15.1. The monoisotopic (exact) mass is 557 g/mol. The van der Waals surface area contributed by atoms with Gasteiger partial charge in [0.15, 0.2) is 11.6 Å². The predicted octanol–water partition coefficient (Wildman–Crippen LogP) is 4.32. The molecular weight excluding hydrogens is 527 g/mol. The molecule has 3 aromatic rings. The number of aliphatic carboxylic acids is 1. The lowest BCUT2D eigenvalue weighted by Gasteiger charge is -2.24. The van der Waals surface area contributed by atoms with Crippen molar-refractivity contribution in [1.29, 1.82) is 0 Å². The van der Waals surface area contributed by atoms with E-state index in [1.165, 1.54) is 55.1 Å². The van der Waals surface area contributed by atoms with Crippen LogP contribution in [0.4, 0.5) is 13.2 Å². The van der Waals surface area contributed by atoms with Gasteiger partial charge in [-0.25, -0.2) is 13.2 Å². The van der Waals surface area contributed by atoms with Crippen molar-refractivity contribution in [1.82, 2.24) is 15.2 Å². The Bertz CT molecular complexity index is 1520. The topological polar surface area (TPSA) is 118 Å². The minimum Gasteiger partial charge on any atom is -0.481 e. The first-order valence-electron chi connectivity index (χ1n) is 12.6. The maximum Gasteiger partial charge on any atom is 0.305 e. The molecule has 2 aromatic carbocycles. The van der Waals surface area contributed by atoms with Gasteiger partial charge in [-0.1, -0.05) is 19.4 Å². The Morgan fingerprint density at radius 1 is 1.02 bits per heavy atom. The number of aromatic nitrogens is 1. The van der Waals surface area contributed by atoms with E-state index in [1.807, 2.05) is 0 Å². The van der Waals surface area contributed by atoms with Crippen LogP contribution in [0, 0.1) is 31.3 Å². The molecule has 0 fully saturated rings. The van der Waals surface area contributed by atoms with E-state index in [4.69, 9.17) is 0 Å². The molecule has 2 atom stereocenters. The quantitative estimate of drug-likeness (QED) is 0.343. The van der Waals surface area contributed by atoms with E-state index in [-0.39, 0.29) is 23.1 Å². The molecule has 212 valence electrons. The Hall–Kier alpha value is -4.41. The van der Waals surface area contributed by atoms with E-state index in [9.17, 15) is 33.1 Å². The molecule has 8 nitrogen and oxygen atoms in total. The minimum absolute atomic E-state index is 0.103. The van der Waals surface area contributed by atoms with Gasteiger partial charge in [0.2, 0.25) is 5.91 Å². The summed E-state index contributed by atoms with van der Waals surface area (Å²) in [7, 11) is 1.46. The lowest BCUT2D eigenvalue weighted by atomic mass is 9.91. The molecule has 1 aromatic heterocycles. The highest BCUT2D eigenvalue weighted by molar-refractivity contribution is 5.97. The van der Waals surface area contributed by atoms with Crippen LogP contribution in [-0.2, 0) is 16.6 Å². The van der Waals surface area contributed by atoms with Gasteiger partial charge in [-0.3, -0.25) is 19.2 Å².